The number of fused-ring (bicyclic) bond motifs is 1. The van der Waals surface area contributed by atoms with Gasteiger partial charge in [-0.2, -0.15) is 0 Å². The molecular formula is C26H37N3O4. The van der Waals surface area contributed by atoms with Crippen LogP contribution in [0.5, 0.6) is 5.75 Å². The Kier molecular flexibility index (Phi) is 10.7. The van der Waals surface area contributed by atoms with Crippen LogP contribution in [0.3, 0.4) is 0 Å². The van der Waals surface area contributed by atoms with E-state index < -0.39 is 0 Å². The lowest BCUT2D eigenvalue weighted by atomic mass is 10.2. The van der Waals surface area contributed by atoms with Gasteiger partial charge in [0.2, 0.25) is 0 Å². The summed E-state index contributed by atoms with van der Waals surface area (Å²) in [4.78, 5) is 16.6. The van der Waals surface area contributed by atoms with E-state index >= 15 is 0 Å². The van der Waals surface area contributed by atoms with Gasteiger partial charge in [0, 0.05) is 12.5 Å². The number of nitrogens with two attached hydrogens (primary N) is 1. The molecule has 3 aromatic rings. The average molecular weight is 456 g/mol. The van der Waals surface area contributed by atoms with Crippen molar-refractivity contribution in [1.29, 1.82) is 0 Å². The van der Waals surface area contributed by atoms with Crippen molar-refractivity contribution in [3.8, 4) is 5.75 Å². The highest BCUT2D eigenvalue weighted by Crippen LogP contribution is 2.30. The highest BCUT2D eigenvalue weighted by Gasteiger charge is 2.22. The molecule has 1 saturated carbocycles. The van der Waals surface area contributed by atoms with Gasteiger partial charge in [-0.05, 0) is 55.2 Å². The second-order valence-corrected chi connectivity index (χ2v) is 7.72. The topological polar surface area (TPSA) is 99.6 Å². The molecule has 1 aromatic carbocycles. The van der Waals surface area contributed by atoms with Crippen LogP contribution in [0.15, 0.2) is 40.8 Å². The van der Waals surface area contributed by atoms with Gasteiger partial charge in [-0.3, -0.25) is 4.79 Å². The van der Waals surface area contributed by atoms with Crippen LogP contribution in [0.1, 0.15) is 68.8 Å². The summed E-state index contributed by atoms with van der Waals surface area (Å²) in [5.41, 5.74) is 7.65. The maximum absolute atomic E-state index is 12.4. The number of benzene rings is 1. The lowest BCUT2D eigenvalue weighted by Gasteiger charge is -2.07. The third-order valence-corrected chi connectivity index (χ3v) is 4.66. The number of methoxy groups -OCH3 is 1. The molecule has 0 spiro atoms. The van der Waals surface area contributed by atoms with E-state index in [1.54, 1.807) is 19.2 Å². The van der Waals surface area contributed by atoms with Gasteiger partial charge in [0.15, 0.2) is 0 Å². The maximum atomic E-state index is 12.4. The normalized spacial score (nSPS) is 12.3. The number of carbonyl (C=O) groups excluding carboxylic acids is 1. The second-order valence-electron chi connectivity index (χ2n) is 7.72. The molecule has 0 atom stereocenters. The van der Waals surface area contributed by atoms with E-state index in [1.165, 1.54) is 19.3 Å². The van der Waals surface area contributed by atoms with Gasteiger partial charge in [0.25, 0.3) is 5.91 Å². The van der Waals surface area contributed by atoms with Gasteiger partial charge in [-0.1, -0.05) is 34.1 Å². The minimum absolute atomic E-state index is 0.175. The fourth-order valence-corrected chi connectivity index (χ4v) is 2.95. The number of rotatable bonds is 8. The number of anilines is 1. The first-order chi connectivity index (χ1) is 16.0. The average Bonchev–Trinajstić information content (AvgIpc) is 3.56. The summed E-state index contributed by atoms with van der Waals surface area (Å²) >= 11 is 0. The third-order valence-electron chi connectivity index (χ3n) is 4.66. The molecule has 1 fully saturated rings. The minimum Gasteiger partial charge on any atom is -0.493 e. The molecule has 2 heterocycles. The van der Waals surface area contributed by atoms with Gasteiger partial charge in [0.05, 0.1) is 31.0 Å². The van der Waals surface area contributed by atoms with Crippen LogP contribution in [-0.2, 0) is 17.9 Å². The van der Waals surface area contributed by atoms with Crippen LogP contribution in [0.2, 0.25) is 0 Å². The first-order valence-corrected chi connectivity index (χ1v) is 11.7. The van der Waals surface area contributed by atoms with E-state index in [9.17, 15) is 4.79 Å². The Balaban J connectivity index is 0.000000714. The van der Waals surface area contributed by atoms with Gasteiger partial charge >= 0.3 is 0 Å². The smallest absolute Gasteiger partial charge is 0.255 e. The Labute approximate surface area is 196 Å². The van der Waals surface area contributed by atoms with Crippen LogP contribution in [0.25, 0.3) is 11.0 Å². The van der Waals surface area contributed by atoms with Crippen molar-refractivity contribution in [2.75, 3.05) is 19.5 Å². The number of aromatic nitrogens is 1. The molecule has 1 amide bonds. The number of amides is 1. The Morgan fingerprint density at radius 2 is 1.91 bits per heavy atom. The number of nitrogens with zero attached hydrogens (tertiary/aromatic N) is 1. The third kappa shape index (κ3) is 8.09. The fraction of sp³-hybridized carbons (Fsp3) is 0.462. The number of hydrogen-bond acceptors (Lipinski definition) is 6. The number of carbonyl (C=O) groups is 1. The molecule has 7 nitrogen and oxygen atoms in total. The highest BCUT2D eigenvalue weighted by atomic mass is 16.5. The number of nitrogens with one attached hydrogen (secondary N) is 1. The van der Waals surface area contributed by atoms with Crippen LogP contribution >= 0.6 is 0 Å². The quantitative estimate of drug-likeness (QED) is 0.451. The van der Waals surface area contributed by atoms with Gasteiger partial charge in [-0.15, -0.1) is 0 Å². The minimum atomic E-state index is -0.303. The largest absolute Gasteiger partial charge is 0.493 e. The molecule has 0 bridgehead atoms. The summed E-state index contributed by atoms with van der Waals surface area (Å²) in [5.74, 6) is 2.07. The maximum Gasteiger partial charge on any atom is 0.255 e. The van der Waals surface area contributed by atoms with Crippen LogP contribution in [0.4, 0.5) is 5.82 Å². The molecule has 7 heteroatoms. The molecular weight excluding hydrogens is 418 g/mol. The van der Waals surface area contributed by atoms with Gasteiger partial charge in [0.1, 0.15) is 22.9 Å². The zero-order chi connectivity index (χ0) is 24.2. The van der Waals surface area contributed by atoms with E-state index in [2.05, 4.69) is 24.1 Å². The molecule has 0 saturated heterocycles. The first kappa shape index (κ1) is 26.2. The number of furan rings is 1. The Morgan fingerprint density at radius 3 is 2.55 bits per heavy atom. The Morgan fingerprint density at radius 1 is 1.18 bits per heavy atom. The summed E-state index contributed by atoms with van der Waals surface area (Å²) in [6.07, 6.45) is 3.76. The van der Waals surface area contributed by atoms with E-state index in [-0.39, 0.29) is 18.3 Å². The summed E-state index contributed by atoms with van der Waals surface area (Å²) in [7, 11) is 1.58. The van der Waals surface area contributed by atoms with Crippen LogP contribution in [-0.4, -0.2) is 24.6 Å². The molecule has 0 radical (unpaired) electrons. The number of hydrogen-bond donors (Lipinski definition) is 2. The van der Waals surface area contributed by atoms with E-state index in [0.717, 1.165) is 23.3 Å². The molecule has 0 aliphatic heterocycles. The van der Waals surface area contributed by atoms with Crippen molar-refractivity contribution < 1.29 is 18.7 Å². The molecule has 180 valence electrons. The molecule has 1 aliphatic carbocycles. The summed E-state index contributed by atoms with van der Waals surface area (Å²) in [5, 5.41) is 3.76. The number of ether oxygens (including phenoxy) is 2. The van der Waals surface area contributed by atoms with E-state index in [1.807, 2.05) is 38.1 Å². The number of nitrogen functional groups attached to an aromatic ring is 1. The first-order valence-electron chi connectivity index (χ1n) is 11.7. The van der Waals surface area contributed by atoms with Crippen molar-refractivity contribution in [2.24, 2.45) is 5.92 Å². The van der Waals surface area contributed by atoms with E-state index in [4.69, 9.17) is 19.6 Å². The lowest BCUT2D eigenvalue weighted by molar-refractivity contribution is 0.0948. The van der Waals surface area contributed by atoms with Crippen molar-refractivity contribution in [2.45, 2.75) is 60.1 Å². The lowest BCUT2D eigenvalue weighted by Crippen LogP contribution is -2.24. The van der Waals surface area contributed by atoms with Crippen LogP contribution in [0, 0.1) is 5.92 Å². The predicted molar refractivity (Wildman–Crippen MR) is 132 cm³/mol. The van der Waals surface area contributed by atoms with Crippen molar-refractivity contribution >= 4 is 22.7 Å². The predicted octanol–water partition coefficient (Wildman–Crippen LogP) is 5.72. The van der Waals surface area contributed by atoms with Crippen molar-refractivity contribution in [3.05, 3.63) is 53.4 Å². The van der Waals surface area contributed by atoms with Gasteiger partial charge in [-0.25, -0.2) is 4.98 Å². The fourth-order valence-electron chi connectivity index (χ4n) is 2.95. The zero-order valence-corrected chi connectivity index (χ0v) is 20.4. The Hall–Kier alpha value is -3.06. The molecule has 4 rings (SSSR count). The zero-order valence-electron chi connectivity index (χ0n) is 20.4. The molecule has 3 N–H and O–H groups in total. The Bertz CT molecular complexity index is 1010. The summed E-state index contributed by atoms with van der Waals surface area (Å²) in [6, 6.07) is 11.0. The highest BCUT2D eigenvalue weighted by molar-refractivity contribution is 5.98. The second kappa shape index (κ2) is 13.5. The monoisotopic (exact) mass is 455 g/mol. The SMILES string of the molecule is CC.CCC.COCc1ccc(C(=O)NCc2cc3cc(OCC4CC4)ccc3o2)c(N)n1. The molecule has 2 aromatic heterocycles. The van der Waals surface area contributed by atoms with E-state index in [0.29, 0.717) is 29.5 Å². The summed E-state index contributed by atoms with van der Waals surface area (Å²) in [6.45, 7) is 9.62. The van der Waals surface area contributed by atoms with Crippen molar-refractivity contribution in [3.63, 3.8) is 0 Å². The summed E-state index contributed by atoms with van der Waals surface area (Å²) < 4.78 is 16.6. The molecule has 33 heavy (non-hydrogen) atoms. The van der Waals surface area contributed by atoms with Gasteiger partial charge < -0.3 is 24.9 Å². The standard InChI is InChI=1S/C21H23N3O4.C3H8.C2H6/c1-26-12-15-4-6-18(20(22)24-15)21(25)23-10-17-9-14-8-16(5-7-19(14)28-17)27-11-13-2-3-13;1-3-2;1-2/h4-9,13H,2-3,10-12H2,1H3,(H2,22,24)(H,23,25);3H2,1-2H3;1-2H3. The van der Waals surface area contributed by atoms with Crippen molar-refractivity contribution in [1.82, 2.24) is 10.3 Å². The molecule has 0 unspecified atom stereocenters. The number of pyridine rings is 1. The van der Waals surface area contributed by atoms with Crippen LogP contribution < -0.4 is 15.8 Å². The molecule has 1 aliphatic rings.